The summed E-state index contributed by atoms with van der Waals surface area (Å²) in [6.45, 7) is 8.32. The van der Waals surface area contributed by atoms with Gasteiger partial charge in [-0.3, -0.25) is 14.4 Å². The van der Waals surface area contributed by atoms with E-state index in [1.54, 1.807) is 37.6 Å². The number of aliphatic hydroxyl groups excluding tert-OH is 1. The number of amides is 3. The monoisotopic (exact) mass is 604 g/mol. The minimum Gasteiger partial charge on any atom is -0.480 e. The molecule has 1 fully saturated rings. The number of thiazole rings is 1. The van der Waals surface area contributed by atoms with Gasteiger partial charge in [0.2, 0.25) is 17.7 Å². The van der Waals surface area contributed by atoms with Crippen LogP contribution < -0.4 is 10.6 Å². The molecule has 0 aliphatic carbocycles. The molecule has 2 unspecified atom stereocenters. The Morgan fingerprint density at radius 3 is 2.31 bits per heavy atom. The Kier molecular flexibility index (Phi) is 11.6. The van der Waals surface area contributed by atoms with Crippen LogP contribution in [0.25, 0.3) is 10.4 Å². The van der Waals surface area contributed by atoms with Crippen LogP contribution in [-0.2, 0) is 28.7 Å². The molecule has 12 nitrogen and oxygen atoms in total. The maximum atomic E-state index is 13.7. The summed E-state index contributed by atoms with van der Waals surface area (Å²) in [4.78, 5) is 56.9. The van der Waals surface area contributed by atoms with Crippen LogP contribution in [0.15, 0.2) is 29.8 Å². The Morgan fingerprint density at radius 2 is 1.74 bits per heavy atom. The van der Waals surface area contributed by atoms with Crippen LogP contribution in [0.5, 0.6) is 0 Å². The first-order valence-electron chi connectivity index (χ1n) is 13.7. The zero-order chi connectivity index (χ0) is 31.0. The van der Waals surface area contributed by atoms with E-state index in [4.69, 9.17) is 14.6 Å². The normalized spacial score (nSPS) is 18.4. The van der Waals surface area contributed by atoms with E-state index in [1.165, 1.54) is 4.90 Å². The molecule has 1 aliphatic rings. The molecule has 2 heterocycles. The van der Waals surface area contributed by atoms with Crippen molar-refractivity contribution in [2.75, 3.05) is 33.0 Å². The van der Waals surface area contributed by atoms with E-state index in [0.29, 0.717) is 0 Å². The SMILES string of the molecule is Cc1ncsc1-c1ccc(C(C)NC(=O)[C@@H]2C[C@@H](O)CN2C(=O)C(NC(=O)COCCOCC(=O)O)C(C)(C)C)cc1. The van der Waals surface area contributed by atoms with Crippen LogP contribution in [0.1, 0.15) is 51.4 Å². The van der Waals surface area contributed by atoms with Crippen molar-refractivity contribution in [2.24, 2.45) is 5.41 Å². The lowest BCUT2D eigenvalue weighted by Crippen LogP contribution is -2.58. The lowest BCUT2D eigenvalue weighted by molar-refractivity contribution is -0.145. The Hall–Kier alpha value is -3.39. The minimum atomic E-state index is -1.11. The highest BCUT2D eigenvalue weighted by Gasteiger charge is 2.44. The molecular weight excluding hydrogens is 564 g/mol. The summed E-state index contributed by atoms with van der Waals surface area (Å²) in [6.07, 6.45) is -0.801. The summed E-state index contributed by atoms with van der Waals surface area (Å²) >= 11 is 1.56. The van der Waals surface area contributed by atoms with Crippen LogP contribution >= 0.6 is 11.3 Å². The average molecular weight is 605 g/mol. The summed E-state index contributed by atoms with van der Waals surface area (Å²) in [7, 11) is 0. The first-order chi connectivity index (χ1) is 19.8. The maximum absolute atomic E-state index is 13.7. The molecule has 4 N–H and O–H groups in total. The Labute approximate surface area is 249 Å². The van der Waals surface area contributed by atoms with Crippen LogP contribution in [0.3, 0.4) is 0 Å². The molecule has 0 radical (unpaired) electrons. The number of aliphatic carboxylic acids is 1. The fourth-order valence-electron chi connectivity index (χ4n) is 4.66. The van der Waals surface area contributed by atoms with Gasteiger partial charge in [0.25, 0.3) is 0 Å². The summed E-state index contributed by atoms with van der Waals surface area (Å²) in [5.74, 6) is -2.52. The molecule has 13 heteroatoms. The molecule has 0 bridgehead atoms. The summed E-state index contributed by atoms with van der Waals surface area (Å²) < 4.78 is 10.1. The fraction of sp³-hybridized carbons (Fsp3) is 0.552. The highest BCUT2D eigenvalue weighted by atomic mass is 32.1. The molecule has 0 saturated carbocycles. The highest BCUT2D eigenvalue weighted by molar-refractivity contribution is 7.13. The summed E-state index contributed by atoms with van der Waals surface area (Å²) in [6, 6.07) is 5.61. The first kappa shape index (κ1) is 33.1. The Balaban J connectivity index is 1.62. The second kappa shape index (κ2) is 14.7. The number of nitrogens with one attached hydrogen (secondary N) is 2. The van der Waals surface area contributed by atoms with E-state index in [0.717, 1.165) is 21.7 Å². The van der Waals surface area contributed by atoms with Gasteiger partial charge in [0.1, 0.15) is 25.3 Å². The number of rotatable bonds is 13. The van der Waals surface area contributed by atoms with Gasteiger partial charge in [-0.1, -0.05) is 45.0 Å². The number of aryl methyl sites for hydroxylation is 1. The van der Waals surface area contributed by atoms with Gasteiger partial charge >= 0.3 is 5.97 Å². The predicted octanol–water partition coefficient (Wildman–Crippen LogP) is 1.91. The molecule has 2 aromatic rings. The number of aromatic nitrogens is 1. The number of β-amino-alcohol motifs (C(OH)–C–C–N with tert-alkyl or cyclic N) is 1. The fourth-order valence-corrected chi connectivity index (χ4v) is 5.47. The van der Waals surface area contributed by atoms with Crippen molar-refractivity contribution in [2.45, 2.75) is 65.3 Å². The lowest BCUT2D eigenvalue weighted by Gasteiger charge is -2.35. The second-order valence-electron chi connectivity index (χ2n) is 11.4. The second-order valence-corrected chi connectivity index (χ2v) is 12.2. The molecule has 3 amide bonds. The molecule has 1 aliphatic heterocycles. The van der Waals surface area contributed by atoms with Crippen molar-refractivity contribution in [1.29, 1.82) is 0 Å². The quantitative estimate of drug-likeness (QED) is 0.250. The summed E-state index contributed by atoms with van der Waals surface area (Å²) in [5.41, 5.74) is 3.98. The van der Waals surface area contributed by atoms with Crippen molar-refractivity contribution < 1.29 is 38.9 Å². The van der Waals surface area contributed by atoms with Gasteiger partial charge in [0, 0.05) is 13.0 Å². The van der Waals surface area contributed by atoms with Crippen LogP contribution in [0.2, 0.25) is 0 Å². The molecule has 3 rings (SSSR count). The molecule has 0 spiro atoms. The standard InChI is InChI=1S/C29H40N4O8S/c1-17(19-6-8-20(9-7-19)25-18(2)30-16-42-25)31-27(38)22-12-21(34)13-33(22)28(39)26(29(3,4)5)32-23(35)14-40-10-11-41-15-24(36)37/h6-9,16-17,21-22,26,34H,10-15H2,1-5H3,(H,31,38)(H,32,35)(H,36,37)/t17?,21-,22+,26?/m1/s1. The Morgan fingerprint density at radius 1 is 1.10 bits per heavy atom. The van der Waals surface area contributed by atoms with Crippen molar-refractivity contribution in [1.82, 2.24) is 20.5 Å². The van der Waals surface area contributed by atoms with Crippen molar-refractivity contribution in [3.05, 3.63) is 41.0 Å². The van der Waals surface area contributed by atoms with E-state index in [1.807, 2.05) is 38.1 Å². The molecule has 230 valence electrons. The molecule has 1 aromatic carbocycles. The number of hydrogen-bond donors (Lipinski definition) is 4. The van der Waals surface area contributed by atoms with Gasteiger partial charge < -0.3 is 35.2 Å². The first-order valence-corrected chi connectivity index (χ1v) is 14.6. The zero-order valence-corrected chi connectivity index (χ0v) is 25.4. The van der Waals surface area contributed by atoms with E-state index < -0.39 is 53.9 Å². The van der Waals surface area contributed by atoms with Crippen molar-refractivity contribution in [3.8, 4) is 10.4 Å². The molecule has 1 saturated heterocycles. The van der Waals surface area contributed by atoms with Gasteiger partial charge in [-0.15, -0.1) is 11.3 Å². The number of benzene rings is 1. The number of nitrogens with zero attached hydrogens (tertiary/aromatic N) is 2. The number of carbonyl (C=O) groups is 4. The van der Waals surface area contributed by atoms with E-state index in [9.17, 15) is 24.3 Å². The van der Waals surface area contributed by atoms with Crippen LogP contribution in [0.4, 0.5) is 0 Å². The average Bonchev–Trinajstić information content (AvgIpc) is 3.53. The Bertz CT molecular complexity index is 1240. The highest BCUT2D eigenvalue weighted by Crippen LogP contribution is 2.29. The molecule has 4 atom stereocenters. The maximum Gasteiger partial charge on any atom is 0.329 e. The number of hydrogen-bond acceptors (Lipinski definition) is 9. The van der Waals surface area contributed by atoms with E-state index in [-0.39, 0.29) is 38.8 Å². The smallest absolute Gasteiger partial charge is 0.329 e. The third kappa shape index (κ3) is 9.05. The van der Waals surface area contributed by atoms with Gasteiger partial charge in [-0.05, 0) is 30.4 Å². The number of carboxylic acids is 1. The van der Waals surface area contributed by atoms with Gasteiger partial charge in [0.05, 0.1) is 41.4 Å². The number of carbonyl (C=O) groups excluding carboxylic acids is 3. The number of aliphatic hydroxyl groups is 1. The van der Waals surface area contributed by atoms with Crippen LogP contribution in [0, 0.1) is 12.3 Å². The van der Waals surface area contributed by atoms with Crippen molar-refractivity contribution in [3.63, 3.8) is 0 Å². The molecular formula is C29H40N4O8S. The van der Waals surface area contributed by atoms with Gasteiger partial charge in [-0.2, -0.15) is 0 Å². The third-order valence-electron chi connectivity index (χ3n) is 6.89. The number of ether oxygens (including phenoxy) is 2. The predicted molar refractivity (Wildman–Crippen MR) is 156 cm³/mol. The number of likely N-dealkylation sites (tertiary alicyclic amines) is 1. The van der Waals surface area contributed by atoms with E-state index >= 15 is 0 Å². The largest absolute Gasteiger partial charge is 0.480 e. The lowest BCUT2D eigenvalue weighted by atomic mass is 9.85. The van der Waals surface area contributed by atoms with Crippen LogP contribution in [-0.4, -0.2) is 94.9 Å². The minimum absolute atomic E-state index is 0.00118. The van der Waals surface area contributed by atoms with E-state index in [2.05, 4.69) is 15.6 Å². The van der Waals surface area contributed by atoms with Gasteiger partial charge in [0.15, 0.2) is 0 Å². The number of carboxylic acid groups (broad SMARTS) is 1. The molecule has 42 heavy (non-hydrogen) atoms. The van der Waals surface area contributed by atoms with Crippen molar-refractivity contribution >= 4 is 35.0 Å². The summed E-state index contributed by atoms with van der Waals surface area (Å²) in [5, 5.41) is 24.7. The topological polar surface area (TPSA) is 167 Å². The van der Waals surface area contributed by atoms with Gasteiger partial charge in [-0.25, -0.2) is 9.78 Å². The molecule has 1 aromatic heterocycles. The zero-order valence-electron chi connectivity index (χ0n) is 24.6. The third-order valence-corrected chi connectivity index (χ3v) is 7.87.